The molecule has 1 N–H and O–H groups in total. The molecule has 0 unspecified atom stereocenters. The van der Waals surface area contributed by atoms with E-state index in [9.17, 15) is 0 Å². The molecule has 0 aliphatic heterocycles. The average molecular weight is 132 g/mol. The van der Waals surface area contributed by atoms with E-state index >= 15 is 0 Å². The maximum atomic E-state index is 8.68. The van der Waals surface area contributed by atoms with Crippen molar-refractivity contribution < 1.29 is 5.21 Å². The summed E-state index contributed by atoms with van der Waals surface area (Å²) in [6, 6.07) is 0. The van der Waals surface area contributed by atoms with Crippen LogP contribution >= 0.6 is 0 Å². The molecule has 0 spiro atoms. The van der Waals surface area contributed by atoms with Crippen molar-refractivity contribution in [2.75, 3.05) is 34.2 Å². The van der Waals surface area contributed by atoms with E-state index in [0.717, 1.165) is 19.5 Å². The van der Waals surface area contributed by atoms with Gasteiger partial charge in [-0.2, -0.15) is 5.06 Å². The largest absolute Gasteiger partial charge is 0.314 e. The second kappa shape index (κ2) is 4.73. The molecule has 0 bridgehead atoms. The van der Waals surface area contributed by atoms with Gasteiger partial charge < -0.3 is 10.1 Å². The lowest BCUT2D eigenvalue weighted by molar-refractivity contribution is -0.0660. The molecule has 0 heterocycles. The van der Waals surface area contributed by atoms with Crippen LogP contribution in [-0.4, -0.2) is 49.4 Å². The Kier molecular flexibility index (Phi) is 4.67. The van der Waals surface area contributed by atoms with Crippen molar-refractivity contribution in [3.8, 4) is 0 Å². The third-order valence-corrected chi connectivity index (χ3v) is 1.09. The first-order valence-corrected chi connectivity index (χ1v) is 3.17. The van der Waals surface area contributed by atoms with Gasteiger partial charge in [-0.25, -0.2) is 0 Å². The van der Waals surface area contributed by atoms with Crippen LogP contribution in [-0.2, 0) is 0 Å². The van der Waals surface area contributed by atoms with E-state index in [1.54, 1.807) is 7.05 Å². The van der Waals surface area contributed by atoms with Gasteiger partial charge in [-0.05, 0) is 27.1 Å². The normalized spacial score (nSPS) is 11.3. The van der Waals surface area contributed by atoms with Crippen molar-refractivity contribution in [3.63, 3.8) is 0 Å². The number of rotatable bonds is 4. The van der Waals surface area contributed by atoms with Gasteiger partial charge in [0.1, 0.15) is 0 Å². The minimum absolute atomic E-state index is 0.748. The van der Waals surface area contributed by atoms with E-state index in [4.69, 9.17) is 5.21 Å². The first-order valence-electron chi connectivity index (χ1n) is 3.17. The molecule has 0 aliphatic rings. The summed E-state index contributed by atoms with van der Waals surface area (Å²) >= 11 is 0. The van der Waals surface area contributed by atoms with Gasteiger partial charge in [-0.15, -0.1) is 0 Å². The number of hydrogen-bond acceptors (Lipinski definition) is 3. The molecule has 3 heteroatoms. The summed E-state index contributed by atoms with van der Waals surface area (Å²) in [6.45, 7) is 1.78. The lowest BCUT2D eigenvalue weighted by Gasteiger charge is -2.11. The molecule has 0 saturated carbocycles. The number of hydrogen-bond donors (Lipinski definition) is 1. The standard InChI is InChI=1S/C6H16N2O/c1-7(2)5-4-6-8(3)9/h9H,4-6H2,1-3H3. The Bertz CT molecular complexity index is 56.1. The zero-order valence-corrected chi connectivity index (χ0v) is 6.46. The fourth-order valence-electron chi connectivity index (χ4n) is 0.616. The summed E-state index contributed by atoms with van der Waals surface area (Å²) in [4.78, 5) is 2.10. The van der Waals surface area contributed by atoms with Crippen molar-refractivity contribution in [2.24, 2.45) is 0 Å². The fourth-order valence-corrected chi connectivity index (χ4v) is 0.616. The Morgan fingerprint density at radius 1 is 1.11 bits per heavy atom. The van der Waals surface area contributed by atoms with Gasteiger partial charge in [-0.1, -0.05) is 0 Å². The Hall–Kier alpha value is -0.120. The fraction of sp³-hybridized carbons (Fsp3) is 1.00. The van der Waals surface area contributed by atoms with Gasteiger partial charge in [0.2, 0.25) is 0 Å². The lowest BCUT2D eigenvalue weighted by atomic mass is 10.4. The summed E-state index contributed by atoms with van der Waals surface area (Å²) in [5.41, 5.74) is 0. The Labute approximate surface area is 56.8 Å². The third kappa shape index (κ3) is 7.88. The molecule has 0 aliphatic carbocycles. The van der Waals surface area contributed by atoms with Crippen LogP contribution in [0.2, 0.25) is 0 Å². The molecule has 0 saturated heterocycles. The van der Waals surface area contributed by atoms with Crippen LogP contribution in [0.3, 0.4) is 0 Å². The highest BCUT2D eigenvalue weighted by atomic mass is 16.5. The molecule has 0 aromatic rings. The van der Waals surface area contributed by atoms with E-state index in [1.165, 1.54) is 5.06 Å². The van der Waals surface area contributed by atoms with Crippen LogP contribution in [0.4, 0.5) is 0 Å². The maximum Gasteiger partial charge on any atom is 0.0247 e. The first kappa shape index (κ1) is 8.88. The molecular formula is C6H16N2O. The average Bonchev–Trinajstić information content (AvgIpc) is 1.63. The van der Waals surface area contributed by atoms with Gasteiger partial charge in [0.05, 0.1) is 0 Å². The quantitative estimate of drug-likeness (QED) is 0.556. The second-order valence-corrected chi connectivity index (χ2v) is 2.54. The zero-order valence-electron chi connectivity index (χ0n) is 6.46. The SMILES string of the molecule is CN(C)CCCN(C)O. The molecule has 0 radical (unpaired) electrons. The van der Waals surface area contributed by atoms with E-state index in [-0.39, 0.29) is 0 Å². The summed E-state index contributed by atoms with van der Waals surface area (Å²) < 4.78 is 0. The molecule has 0 rings (SSSR count). The van der Waals surface area contributed by atoms with Crippen molar-refractivity contribution >= 4 is 0 Å². The molecule has 56 valence electrons. The van der Waals surface area contributed by atoms with Gasteiger partial charge in [0, 0.05) is 13.6 Å². The Morgan fingerprint density at radius 2 is 1.67 bits per heavy atom. The predicted molar refractivity (Wildman–Crippen MR) is 37.6 cm³/mol. The molecule has 0 aromatic carbocycles. The third-order valence-electron chi connectivity index (χ3n) is 1.09. The maximum absolute atomic E-state index is 8.68. The van der Waals surface area contributed by atoms with Crippen LogP contribution in [0.5, 0.6) is 0 Å². The van der Waals surface area contributed by atoms with Crippen LogP contribution < -0.4 is 0 Å². The zero-order chi connectivity index (χ0) is 7.28. The van der Waals surface area contributed by atoms with Gasteiger partial charge in [0.25, 0.3) is 0 Å². The lowest BCUT2D eigenvalue weighted by Crippen LogP contribution is -2.20. The van der Waals surface area contributed by atoms with Crippen molar-refractivity contribution in [2.45, 2.75) is 6.42 Å². The smallest absolute Gasteiger partial charge is 0.0247 e. The topological polar surface area (TPSA) is 26.7 Å². The van der Waals surface area contributed by atoms with Crippen LogP contribution in [0.1, 0.15) is 6.42 Å². The van der Waals surface area contributed by atoms with E-state index < -0.39 is 0 Å². The van der Waals surface area contributed by atoms with Gasteiger partial charge >= 0.3 is 0 Å². The molecule has 9 heavy (non-hydrogen) atoms. The van der Waals surface area contributed by atoms with Crippen LogP contribution in [0, 0.1) is 0 Å². The van der Waals surface area contributed by atoms with E-state index in [0.29, 0.717) is 0 Å². The number of hydroxylamine groups is 2. The highest BCUT2D eigenvalue weighted by Gasteiger charge is 1.92. The molecule has 0 amide bonds. The highest BCUT2D eigenvalue weighted by molar-refractivity contribution is 4.44. The van der Waals surface area contributed by atoms with Crippen molar-refractivity contribution in [3.05, 3.63) is 0 Å². The Balaban J connectivity index is 2.91. The summed E-state index contributed by atoms with van der Waals surface area (Å²) in [5, 5.41) is 9.89. The van der Waals surface area contributed by atoms with E-state index in [1.807, 2.05) is 14.1 Å². The summed E-state index contributed by atoms with van der Waals surface area (Å²) in [6.07, 6.45) is 1.01. The molecule has 0 fully saturated rings. The molecule has 3 nitrogen and oxygen atoms in total. The Morgan fingerprint density at radius 3 is 2.00 bits per heavy atom. The second-order valence-electron chi connectivity index (χ2n) is 2.54. The molecule has 0 aromatic heterocycles. The van der Waals surface area contributed by atoms with Gasteiger partial charge in [-0.3, -0.25) is 0 Å². The molecular weight excluding hydrogens is 116 g/mol. The first-order chi connectivity index (χ1) is 4.13. The van der Waals surface area contributed by atoms with Crippen molar-refractivity contribution in [1.82, 2.24) is 9.96 Å². The van der Waals surface area contributed by atoms with E-state index in [2.05, 4.69) is 4.90 Å². The number of nitrogens with zero attached hydrogens (tertiary/aromatic N) is 2. The summed E-state index contributed by atoms with van der Waals surface area (Å²) in [7, 11) is 5.71. The van der Waals surface area contributed by atoms with Crippen molar-refractivity contribution in [1.29, 1.82) is 0 Å². The monoisotopic (exact) mass is 132 g/mol. The highest BCUT2D eigenvalue weighted by Crippen LogP contribution is 1.84. The predicted octanol–water partition coefficient (Wildman–Crippen LogP) is 0.259. The minimum Gasteiger partial charge on any atom is -0.314 e. The molecule has 0 atom stereocenters. The van der Waals surface area contributed by atoms with Gasteiger partial charge in [0.15, 0.2) is 0 Å². The minimum atomic E-state index is 0.748. The van der Waals surface area contributed by atoms with Crippen LogP contribution in [0.15, 0.2) is 0 Å². The van der Waals surface area contributed by atoms with Crippen LogP contribution in [0.25, 0.3) is 0 Å². The summed E-state index contributed by atoms with van der Waals surface area (Å²) in [5.74, 6) is 0.